The maximum atomic E-state index is 11.7. The van der Waals surface area contributed by atoms with Crippen molar-refractivity contribution in [1.82, 2.24) is 5.32 Å². The molecular formula is C9H11F3N2O. The van der Waals surface area contributed by atoms with Crippen molar-refractivity contribution in [3.8, 4) is 0 Å². The van der Waals surface area contributed by atoms with Crippen LogP contribution in [-0.4, -0.2) is 24.5 Å². The van der Waals surface area contributed by atoms with Crippen molar-refractivity contribution >= 4 is 11.7 Å². The molecule has 2 amide bonds. The molecule has 3 nitrogen and oxygen atoms in total. The summed E-state index contributed by atoms with van der Waals surface area (Å²) in [6, 6.07) is -1.04. The number of urea groups is 1. The third-order valence-corrected chi connectivity index (χ3v) is 1.22. The normalized spacial score (nSPS) is 12.9. The van der Waals surface area contributed by atoms with Gasteiger partial charge in [0.2, 0.25) is 0 Å². The van der Waals surface area contributed by atoms with Gasteiger partial charge in [0.1, 0.15) is 6.54 Å². The highest BCUT2D eigenvalue weighted by Crippen LogP contribution is 2.12. The fourth-order valence-electron chi connectivity index (χ4n) is 0.654. The molecule has 0 unspecified atom stereocenters. The van der Waals surface area contributed by atoms with Gasteiger partial charge in [0.15, 0.2) is 0 Å². The van der Waals surface area contributed by atoms with Gasteiger partial charge in [-0.1, -0.05) is 12.7 Å². The van der Waals surface area contributed by atoms with Crippen molar-refractivity contribution in [2.75, 3.05) is 6.54 Å². The molecule has 0 radical (unpaired) electrons. The smallest absolute Gasteiger partial charge is 0.327 e. The van der Waals surface area contributed by atoms with Crippen molar-refractivity contribution in [2.24, 2.45) is 4.99 Å². The molecule has 0 spiro atoms. The number of rotatable bonds is 3. The summed E-state index contributed by atoms with van der Waals surface area (Å²) < 4.78 is 35.1. The van der Waals surface area contributed by atoms with Crippen LogP contribution in [0.2, 0.25) is 0 Å². The fourth-order valence-corrected chi connectivity index (χ4v) is 0.654. The molecule has 0 aromatic heterocycles. The first-order chi connectivity index (χ1) is 6.89. The predicted molar refractivity (Wildman–Crippen MR) is 51.9 cm³/mol. The number of amides is 2. The Labute approximate surface area is 85.4 Å². The summed E-state index contributed by atoms with van der Waals surface area (Å²) in [5.41, 5.74) is 0.206. The van der Waals surface area contributed by atoms with Crippen LogP contribution < -0.4 is 5.32 Å². The summed E-state index contributed by atoms with van der Waals surface area (Å²) in [7, 11) is 0. The summed E-state index contributed by atoms with van der Waals surface area (Å²) in [5.74, 6) is 0. The molecule has 0 aliphatic rings. The van der Waals surface area contributed by atoms with E-state index in [9.17, 15) is 18.0 Å². The molecule has 6 heteroatoms. The Morgan fingerprint density at radius 2 is 2.13 bits per heavy atom. The van der Waals surface area contributed by atoms with E-state index < -0.39 is 18.8 Å². The molecule has 0 bridgehead atoms. The minimum absolute atomic E-state index is 0.206. The van der Waals surface area contributed by atoms with Gasteiger partial charge in [-0.25, -0.2) is 4.79 Å². The van der Waals surface area contributed by atoms with Gasteiger partial charge in [0.05, 0.1) is 5.71 Å². The molecule has 0 saturated heterocycles. The molecular weight excluding hydrogens is 209 g/mol. The number of hydrogen-bond donors (Lipinski definition) is 1. The van der Waals surface area contributed by atoms with E-state index in [-0.39, 0.29) is 5.71 Å². The Morgan fingerprint density at radius 1 is 1.53 bits per heavy atom. The van der Waals surface area contributed by atoms with E-state index in [1.807, 2.05) is 0 Å². The second-order valence-corrected chi connectivity index (χ2v) is 2.51. The highest BCUT2D eigenvalue weighted by atomic mass is 19.4. The molecule has 0 fully saturated rings. The van der Waals surface area contributed by atoms with Crippen LogP contribution in [0.4, 0.5) is 18.0 Å². The molecule has 0 heterocycles. The van der Waals surface area contributed by atoms with Crippen LogP contribution in [-0.2, 0) is 0 Å². The lowest BCUT2D eigenvalue weighted by molar-refractivity contribution is -0.122. The number of aliphatic imine (C=N–C) groups is 1. The Kier molecular flexibility index (Phi) is 5.36. The zero-order chi connectivity index (χ0) is 11.9. The Morgan fingerprint density at radius 3 is 2.53 bits per heavy atom. The second-order valence-electron chi connectivity index (χ2n) is 2.51. The molecule has 1 N–H and O–H groups in total. The van der Waals surface area contributed by atoms with E-state index in [0.717, 1.165) is 0 Å². The van der Waals surface area contributed by atoms with Gasteiger partial charge in [-0.2, -0.15) is 18.2 Å². The number of alkyl halides is 3. The summed E-state index contributed by atoms with van der Waals surface area (Å²) in [6.45, 7) is 3.65. The number of halogens is 3. The van der Waals surface area contributed by atoms with E-state index >= 15 is 0 Å². The van der Waals surface area contributed by atoms with Gasteiger partial charge >= 0.3 is 12.2 Å². The van der Waals surface area contributed by atoms with Crippen LogP contribution in [0.1, 0.15) is 6.92 Å². The van der Waals surface area contributed by atoms with Crippen LogP contribution in [0, 0.1) is 0 Å². The standard InChI is InChI=1S/C9H11F3N2O/c1-3-5-7(4-2)14-8(15)13-6-9(10,11)12/h3-5H,2,6H2,1H3,(H,13,15)/b5-3-,14-7?. The molecule has 0 aliphatic carbocycles. The Hall–Kier alpha value is -1.59. The average molecular weight is 220 g/mol. The summed E-state index contributed by atoms with van der Waals surface area (Å²) in [5, 5.41) is 1.61. The number of allylic oxidation sites excluding steroid dienone is 3. The molecule has 0 saturated carbocycles. The van der Waals surface area contributed by atoms with Crippen molar-refractivity contribution < 1.29 is 18.0 Å². The van der Waals surface area contributed by atoms with E-state index in [1.165, 1.54) is 12.2 Å². The molecule has 15 heavy (non-hydrogen) atoms. The van der Waals surface area contributed by atoms with E-state index in [4.69, 9.17) is 0 Å². The van der Waals surface area contributed by atoms with Gasteiger partial charge in [-0.05, 0) is 19.1 Å². The van der Waals surface area contributed by atoms with E-state index in [0.29, 0.717) is 0 Å². The van der Waals surface area contributed by atoms with Crippen molar-refractivity contribution in [3.63, 3.8) is 0 Å². The molecule has 84 valence electrons. The maximum Gasteiger partial charge on any atom is 0.405 e. The van der Waals surface area contributed by atoms with Crippen LogP contribution in [0.15, 0.2) is 29.8 Å². The van der Waals surface area contributed by atoms with Gasteiger partial charge in [0.25, 0.3) is 0 Å². The SMILES string of the molecule is C=CC(/C=C\C)=NC(=O)NCC(F)(F)F. The molecule has 0 aliphatic heterocycles. The quantitative estimate of drug-likeness (QED) is 0.729. The number of carbonyl (C=O) groups excluding carboxylic acids is 1. The lowest BCUT2D eigenvalue weighted by atomic mass is 10.3. The first-order valence-electron chi connectivity index (χ1n) is 4.07. The van der Waals surface area contributed by atoms with E-state index in [2.05, 4.69) is 11.6 Å². The van der Waals surface area contributed by atoms with Gasteiger partial charge in [-0.3, -0.25) is 0 Å². The van der Waals surface area contributed by atoms with Crippen molar-refractivity contribution in [2.45, 2.75) is 13.1 Å². The van der Waals surface area contributed by atoms with Gasteiger partial charge in [-0.15, -0.1) is 0 Å². The largest absolute Gasteiger partial charge is 0.405 e. The third kappa shape index (κ3) is 7.48. The maximum absolute atomic E-state index is 11.7. The lowest BCUT2D eigenvalue weighted by Gasteiger charge is -2.05. The van der Waals surface area contributed by atoms with Crippen LogP contribution in [0.3, 0.4) is 0 Å². The van der Waals surface area contributed by atoms with Crippen LogP contribution in [0.5, 0.6) is 0 Å². The minimum Gasteiger partial charge on any atom is -0.327 e. The van der Waals surface area contributed by atoms with Gasteiger partial charge < -0.3 is 5.32 Å². The lowest BCUT2D eigenvalue weighted by Crippen LogP contribution is -2.32. The second kappa shape index (κ2) is 6.00. The van der Waals surface area contributed by atoms with Crippen LogP contribution in [0.25, 0.3) is 0 Å². The Balaban J connectivity index is 4.28. The highest BCUT2D eigenvalue weighted by Gasteiger charge is 2.27. The number of hydrogen-bond acceptors (Lipinski definition) is 1. The first-order valence-corrected chi connectivity index (χ1v) is 4.07. The number of nitrogens with one attached hydrogen (secondary N) is 1. The number of nitrogens with zero attached hydrogens (tertiary/aromatic N) is 1. The summed E-state index contributed by atoms with van der Waals surface area (Å²) >= 11 is 0. The molecule has 0 atom stereocenters. The first kappa shape index (κ1) is 13.4. The van der Waals surface area contributed by atoms with Crippen molar-refractivity contribution in [1.29, 1.82) is 0 Å². The number of carbonyl (C=O) groups is 1. The molecule has 0 aromatic rings. The topological polar surface area (TPSA) is 41.5 Å². The zero-order valence-corrected chi connectivity index (χ0v) is 8.14. The van der Waals surface area contributed by atoms with Crippen LogP contribution >= 0.6 is 0 Å². The zero-order valence-electron chi connectivity index (χ0n) is 8.14. The summed E-state index contributed by atoms with van der Waals surface area (Å²) in [6.07, 6.45) is -0.106. The minimum atomic E-state index is -4.43. The third-order valence-electron chi connectivity index (χ3n) is 1.22. The fraction of sp³-hybridized carbons (Fsp3) is 0.333. The monoisotopic (exact) mass is 220 g/mol. The predicted octanol–water partition coefficient (Wildman–Crippen LogP) is 2.46. The Bertz CT molecular complexity index is 292. The van der Waals surface area contributed by atoms with Gasteiger partial charge in [0, 0.05) is 0 Å². The summed E-state index contributed by atoms with van der Waals surface area (Å²) in [4.78, 5) is 14.2. The van der Waals surface area contributed by atoms with E-state index in [1.54, 1.807) is 18.3 Å². The molecule has 0 aromatic carbocycles. The highest BCUT2D eigenvalue weighted by molar-refractivity contribution is 6.08. The average Bonchev–Trinajstić information content (AvgIpc) is 2.13. The van der Waals surface area contributed by atoms with Crippen molar-refractivity contribution in [3.05, 3.63) is 24.8 Å². The molecule has 0 rings (SSSR count).